The van der Waals surface area contributed by atoms with Gasteiger partial charge in [-0.1, -0.05) is 11.6 Å². The number of nitrogens with two attached hydrogens (primary N) is 1. The summed E-state index contributed by atoms with van der Waals surface area (Å²) in [5, 5.41) is 23.0. The fraction of sp³-hybridized carbons (Fsp3) is 0.200. The van der Waals surface area contributed by atoms with Gasteiger partial charge < -0.3 is 15.8 Å². The quantitative estimate of drug-likeness (QED) is 0.518. The van der Waals surface area contributed by atoms with Crippen molar-refractivity contribution >= 4 is 44.0 Å². The summed E-state index contributed by atoms with van der Waals surface area (Å²) >= 11 is 6.12. The van der Waals surface area contributed by atoms with Crippen molar-refractivity contribution in [1.29, 1.82) is 5.26 Å². The summed E-state index contributed by atoms with van der Waals surface area (Å²) in [4.78, 5) is 2.64. The predicted octanol–water partition coefficient (Wildman–Crippen LogP) is 1.83. The molecule has 0 amide bonds. The van der Waals surface area contributed by atoms with Crippen LogP contribution >= 0.6 is 11.6 Å². The Kier molecular flexibility index (Phi) is 4.53. The Morgan fingerprint density at radius 3 is 2.92 bits per heavy atom. The maximum atomic E-state index is 12.7. The van der Waals surface area contributed by atoms with Crippen LogP contribution in [0.25, 0.3) is 10.9 Å². The van der Waals surface area contributed by atoms with Crippen LogP contribution in [0.2, 0.25) is 5.02 Å². The fourth-order valence-corrected chi connectivity index (χ4v) is 3.96. The Hall–Kier alpha value is -2.74. The van der Waals surface area contributed by atoms with E-state index in [1.807, 2.05) is 6.07 Å². The number of hydrogen-bond donors (Lipinski definition) is 4. The Labute approximate surface area is 154 Å². The molecule has 3 aromatic rings. The molecule has 136 valence electrons. The molecule has 0 fully saturated rings. The van der Waals surface area contributed by atoms with Crippen molar-refractivity contribution in [1.82, 2.24) is 14.8 Å². The van der Waals surface area contributed by atoms with Gasteiger partial charge in [-0.25, -0.2) is 13.1 Å². The third kappa shape index (κ3) is 2.86. The van der Waals surface area contributed by atoms with Gasteiger partial charge in [-0.15, -0.1) is 0 Å². The number of H-pyrrole nitrogens is 1. The van der Waals surface area contributed by atoms with Gasteiger partial charge in [0.15, 0.2) is 0 Å². The number of nitrogen functional groups attached to an aromatic ring is 1. The monoisotopic (exact) mass is 394 g/mol. The summed E-state index contributed by atoms with van der Waals surface area (Å²) in [6.45, 7) is 1.41. The number of fused-ring (bicyclic) bond motifs is 1. The molecule has 0 aliphatic heterocycles. The first-order valence-electron chi connectivity index (χ1n) is 7.46. The minimum Gasteiger partial charge on any atom is -0.394 e. The van der Waals surface area contributed by atoms with E-state index in [1.165, 1.54) is 23.0 Å². The molecular weight excluding hydrogens is 380 g/mol. The van der Waals surface area contributed by atoms with Crippen LogP contribution in [0.15, 0.2) is 29.4 Å². The van der Waals surface area contributed by atoms with Crippen LogP contribution in [0.3, 0.4) is 0 Å². The van der Waals surface area contributed by atoms with Crippen molar-refractivity contribution in [2.75, 3.05) is 17.1 Å². The Morgan fingerprint density at radius 1 is 1.54 bits per heavy atom. The first-order valence-corrected chi connectivity index (χ1v) is 9.32. The molecule has 26 heavy (non-hydrogen) atoms. The number of nitrogens with zero attached hydrogens (tertiary/aromatic N) is 3. The maximum absolute atomic E-state index is 12.7. The van der Waals surface area contributed by atoms with Crippen LogP contribution in [0.5, 0.6) is 0 Å². The average Bonchev–Trinajstić information content (AvgIpc) is 3.21. The molecule has 0 radical (unpaired) electrons. The van der Waals surface area contributed by atoms with E-state index in [9.17, 15) is 13.5 Å². The molecule has 11 heteroatoms. The third-order valence-electron chi connectivity index (χ3n) is 3.92. The smallest absolute Gasteiger partial charge is 0.267 e. The van der Waals surface area contributed by atoms with Gasteiger partial charge in [0.1, 0.15) is 16.8 Å². The highest BCUT2D eigenvalue weighted by Crippen LogP contribution is 2.33. The van der Waals surface area contributed by atoms with Gasteiger partial charge in [0, 0.05) is 11.6 Å². The van der Waals surface area contributed by atoms with Crippen molar-refractivity contribution in [2.24, 2.45) is 0 Å². The Bertz CT molecular complexity index is 1130. The molecule has 1 aromatic carbocycles. The summed E-state index contributed by atoms with van der Waals surface area (Å²) in [6, 6.07) is 4.50. The molecule has 1 atom stereocenters. The molecule has 0 aliphatic carbocycles. The lowest BCUT2D eigenvalue weighted by Gasteiger charge is -2.12. The van der Waals surface area contributed by atoms with Gasteiger partial charge in [-0.2, -0.15) is 10.4 Å². The van der Waals surface area contributed by atoms with Gasteiger partial charge >= 0.3 is 0 Å². The summed E-state index contributed by atoms with van der Waals surface area (Å²) in [7, 11) is -4.05. The lowest BCUT2D eigenvalue weighted by Crippen LogP contribution is -2.17. The standard InChI is InChI=1S/C15H15ClN6O3S/c1-8(7-23)22-15(18)12(6-20-22)26(24,25)21-11-3-2-10(16)13-9(4-17)5-19-14(11)13/h2-3,5-6,8,19,21,23H,7,18H2,1H3. The normalized spacial score (nSPS) is 12.8. The minimum absolute atomic E-state index is 0.0894. The van der Waals surface area contributed by atoms with Crippen LogP contribution in [0.4, 0.5) is 11.5 Å². The van der Waals surface area contributed by atoms with E-state index in [-0.39, 0.29) is 23.0 Å². The number of aliphatic hydroxyl groups is 1. The van der Waals surface area contributed by atoms with Crippen molar-refractivity contribution < 1.29 is 13.5 Å². The molecule has 0 spiro atoms. The summed E-state index contributed by atoms with van der Waals surface area (Å²) in [6.07, 6.45) is 2.57. The second-order valence-corrected chi connectivity index (χ2v) is 7.69. The van der Waals surface area contributed by atoms with E-state index in [2.05, 4.69) is 14.8 Å². The maximum Gasteiger partial charge on any atom is 0.267 e. The highest BCUT2D eigenvalue weighted by Gasteiger charge is 2.25. The van der Waals surface area contributed by atoms with Gasteiger partial charge in [-0.3, -0.25) is 4.72 Å². The van der Waals surface area contributed by atoms with Crippen molar-refractivity contribution in [3.8, 4) is 6.07 Å². The van der Waals surface area contributed by atoms with Crippen LogP contribution in [-0.2, 0) is 10.0 Å². The van der Waals surface area contributed by atoms with Gasteiger partial charge in [0.05, 0.1) is 40.6 Å². The second-order valence-electron chi connectivity index (χ2n) is 5.63. The predicted molar refractivity (Wildman–Crippen MR) is 97.3 cm³/mol. The molecule has 0 saturated carbocycles. The van der Waals surface area contributed by atoms with E-state index in [1.54, 1.807) is 6.92 Å². The molecule has 0 saturated heterocycles. The number of aliphatic hydroxyl groups excluding tert-OH is 1. The molecule has 9 nitrogen and oxygen atoms in total. The van der Waals surface area contributed by atoms with E-state index >= 15 is 0 Å². The highest BCUT2D eigenvalue weighted by molar-refractivity contribution is 7.92. The third-order valence-corrected chi connectivity index (χ3v) is 5.62. The molecule has 0 bridgehead atoms. The summed E-state index contributed by atoms with van der Waals surface area (Å²) in [5.74, 6) is -0.0894. The molecule has 3 rings (SSSR count). The Morgan fingerprint density at radius 2 is 2.27 bits per heavy atom. The molecule has 2 heterocycles. The van der Waals surface area contributed by atoms with Crippen LogP contribution in [-0.4, -0.2) is 34.9 Å². The number of sulfonamides is 1. The SMILES string of the molecule is CC(CO)n1ncc(S(=O)(=O)Nc2ccc(Cl)c3c(C#N)c[nH]c23)c1N. The first-order chi connectivity index (χ1) is 12.3. The number of aromatic amines is 1. The number of aromatic nitrogens is 3. The van der Waals surface area contributed by atoms with Crippen molar-refractivity contribution in [3.63, 3.8) is 0 Å². The number of hydrogen-bond acceptors (Lipinski definition) is 6. The highest BCUT2D eigenvalue weighted by atomic mass is 35.5. The molecular formula is C15H15ClN6O3S. The summed E-state index contributed by atoms with van der Waals surface area (Å²) in [5.41, 5.74) is 6.78. The topological polar surface area (TPSA) is 150 Å². The number of anilines is 2. The summed E-state index contributed by atoms with van der Waals surface area (Å²) < 4.78 is 29.1. The first kappa shape index (κ1) is 18.1. The van der Waals surface area contributed by atoms with E-state index < -0.39 is 16.1 Å². The Balaban J connectivity index is 2.06. The van der Waals surface area contributed by atoms with Crippen LogP contribution in [0, 0.1) is 11.3 Å². The fourth-order valence-electron chi connectivity index (χ4n) is 2.57. The molecule has 2 aromatic heterocycles. The number of rotatable bonds is 5. The number of nitrogens with one attached hydrogen (secondary N) is 2. The lowest BCUT2D eigenvalue weighted by atomic mass is 10.1. The molecule has 1 unspecified atom stereocenters. The number of halogens is 1. The zero-order chi connectivity index (χ0) is 19.1. The minimum atomic E-state index is -4.05. The number of nitriles is 1. The van der Waals surface area contributed by atoms with Crippen molar-refractivity contribution in [3.05, 3.63) is 35.1 Å². The molecule has 5 N–H and O–H groups in total. The van der Waals surface area contributed by atoms with Crippen molar-refractivity contribution in [2.45, 2.75) is 17.9 Å². The largest absolute Gasteiger partial charge is 0.394 e. The zero-order valence-electron chi connectivity index (χ0n) is 13.6. The van der Waals surface area contributed by atoms with Crippen LogP contribution < -0.4 is 10.5 Å². The van der Waals surface area contributed by atoms with Gasteiger partial charge in [0.2, 0.25) is 0 Å². The average molecular weight is 395 g/mol. The second kappa shape index (κ2) is 6.53. The number of benzene rings is 1. The van der Waals surface area contributed by atoms with Gasteiger partial charge in [0.25, 0.3) is 10.0 Å². The lowest BCUT2D eigenvalue weighted by molar-refractivity contribution is 0.231. The zero-order valence-corrected chi connectivity index (χ0v) is 15.1. The molecule has 0 aliphatic rings. The van der Waals surface area contributed by atoms with E-state index in [0.29, 0.717) is 21.5 Å². The van der Waals surface area contributed by atoms with E-state index in [4.69, 9.17) is 22.6 Å². The van der Waals surface area contributed by atoms with E-state index in [0.717, 1.165) is 6.20 Å². The van der Waals surface area contributed by atoms with Gasteiger partial charge in [-0.05, 0) is 19.1 Å². The van der Waals surface area contributed by atoms with Crippen LogP contribution in [0.1, 0.15) is 18.5 Å².